The van der Waals surface area contributed by atoms with Gasteiger partial charge in [-0.3, -0.25) is 57.5 Å². The molecule has 7 atom stereocenters. The fourth-order valence-corrected chi connectivity index (χ4v) is 16.6. The largest absolute Gasteiger partial charge is 0.343 e. The van der Waals surface area contributed by atoms with Gasteiger partial charge in [0.05, 0.1) is 31.1 Å². The number of piperidine rings is 1. The molecule has 1 aromatic rings. The molecule has 3 saturated heterocycles. The van der Waals surface area contributed by atoms with Gasteiger partial charge >= 0.3 is 5.92 Å². The van der Waals surface area contributed by atoms with Gasteiger partial charge in [-0.05, 0) is 126 Å². The summed E-state index contributed by atoms with van der Waals surface area (Å²) in [4.78, 5) is 191. The van der Waals surface area contributed by atoms with Gasteiger partial charge < -0.3 is 60.0 Å². The second kappa shape index (κ2) is 39.1. The molecule has 588 valence electrons. The summed E-state index contributed by atoms with van der Waals surface area (Å²) < 4.78 is 69.8. The van der Waals surface area contributed by atoms with E-state index in [1.165, 1.54) is 86.0 Å². The third-order valence-electron chi connectivity index (χ3n) is 22.6. The van der Waals surface area contributed by atoms with Crippen LogP contribution in [0.5, 0.6) is 0 Å². The first-order chi connectivity index (χ1) is 49.7. The Morgan fingerprint density at radius 1 is 0.610 bits per heavy atom. The molecular weight excluding hydrogens is 1390 g/mol. The number of likely N-dealkylation sites (N-methyl/N-ethyl adjacent to an activating group) is 7. The van der Waals surface area contributed by atoms with E-state index >= 15 is 28.8 Å². The maximum atomic E-state index is 15.8. The van der Waals surface area contributed by atoms with E-state index in [1.54, 1.807) is 4.90 Å². The van der Waals surface area contributed by atoms with Crippen molar-refractivity contribution in [1.29, 1.82) is 0 Å². The number of fused-ring (bicyclic) bond motifs is 1. The molecule has 24 nitrogen and oxygen atoms in total. The minimum atomic E-state index is -3.90. The maximum absolute atomic E-state index is 15.8. The first-order valence-corrected chi connectivity index (χ1v) is 38.4. The smallest absolute Gasteiger partial charge is 0.302 e. The van der Waals surface area contributed by atoms with Gasteiger partial charge in [0.25, 0.3) is 0 Å². The number of amides is 12. The van der Waals surface area contributed by atoms with Crippen molar-refractivity contribution in [2.45, 2.75) is 254 Å². The fraction of sp³-hybridized carbons (Fsp3) is 0.760. The third kappa shape index (κ3) is 22.5. The average Bonchev–Trinajstić information content (AvgIpc) is 1.75. The summed E-state index contributed by atoms with van der Waals surface area (Å²) in [7, 11) is 9.69. The molecule has 1 unspecified atom stereocenters. The number of alkyl halides is 5. The number of benzene rings is 1. The number of nitrogens with one attached hydrogen (secondary N) is 3. The van der Waals surface area contributed by atoms with Crippen LogP contribution in [0.15, 0.2) is 18.2 Å². The van der Waals surface area contributed by atoms with Crippen LogP contribution in [0.25, 0.3) is 0 Å². The van der Waals surface area contributed by atoms with E-state index in [9.17, 15) is 50.7 Å². The van der Waals surface area contributed by atoms with Gasteiger partial charge in [0.15, 0.2) is 6.67 Å². The molecule has 3 aliphatic carbocycles. The Labute approximate surface area is 620 Å². The highest BCUT2D eigenvalue weighted by atomic mass is 35.5. The summed E-state index contributed by atoms with van der Waals surface area (Å²) in [5.74, 6) is -12.9. The van der Waals surface area contributed by atoms with Crippen molar-refractivity contribution in [3.05, 3.63) is 34.3 Å². The molecule has 3 aliphatic heterocycles. The Kier molecular flexibility index (Phi) is 31.6. The standard InChI is InChI=1S/C75H114ClF5N12O12/c1-48(2)40-57-66(98)83-54(28-17-18-30-60(78)79)68(100)87(5)45-63(96)85(3)46-64(97)89(7)58(42-49-24-13-10-14-25-49)70(102)86(4)44-61(94)82-55(34-32-50-31-33-52(53(76)41-50)75(80,81)47-77)69(101)93-39-23-29-56(93)67(99)84-74(35-19-20-36-74)73(105)91(9)65(51-26-15-11-16-27-51)72(104)90(8)59(43-62(95)88(57)6)71(103)92-37-21-12-22-38-92/h31,33,41,48-49,51,54-60,65H,10-30,32,34-40,42-47H2,1-9H3,(H,82,94)(H,83,98)(H,84,99)/t54-,55-,56?,57-,58-,59-,65-/m0/s1. The van der Waals surface area contributed by atoms with Crippen LogP contribution in [0, 0.1) is 17.8 Å². The molecule has 3 heterocycles. The predicted molar refractivity (Wildman–Crippen MR) is 383 cm³/mol. The van der Waals surface area contributed by atoms with Crippen molar-refractivity contribution >= 4 is 82.5 Å². The quantitative estimate of drug-likeness (QED) is 0.109. The topological polar surface area (TPSA) is 270 Å². The maximum Gasteiger partial charge on any atom is 0.302 e. The zero-order valence-electron chi connectivity index (χ0n) is 63.0. The molecule has 105 heavy (non-hydrogen) atoms. The van der Waals surface area contributed by atoms with Crippen LogP contribution in [-0.2, 0) is 69.9 Å². The predicted octanol–water partition coefficient (Wildman–Crippen LogP) is 7.25. The molecule has 1 aromatic carbocycles. The second-order valence-corrected chi connectivity index (χ2v) is 31.3. The number of aryl methyl sites for hydroxylation is 1. The first-order valence-electron chi connectivity index (χ1n) is 38.0. The highest BCUT2D eigenvalue weighted by Gasteiger charge is 2.52. The van der Waals surface area contributed by atoms with Crippen molar-refractivity contribution in [2.24, 2.45) is 17.8 Å². The van der Waals surface area contributed by atoms with Crippen molar-refractivity contribution in [3.8, 4) is 0 Å². The second-order valence-electron chi connectivity index (χ2n) is 30.9. The van der Waals surface area contributed by atoms with E-state index in [0.717, 1.165) is 78.6 Å². The van der Waals surface area contributed by atoms with E-state index in [2.05, 4.69) is 16.0 Å². The van der Waals surface area contributed by atoms with Gasteiger partial charge in [0, 0.05) is 81.0 Å². The monoisotopic (exact) mass is 1500 g/mol. The molecule has 6 fully saturated rings. The SMILES string of the molecule is CC(C)C[C@H]1C(=O)N[C@@H](CCCCC(F)F)C(=O)N(C)CC(=O)N(C)CC(=O)N(C)[C@@H](CC2CCCCC2)C(=O)N(C)CC(=O)N[C@@H](CCc2ccc(C(F)(F)CF)c(Cl)c2)C(=O)N2CCCC2C(=O)NC2(CCCC2)C(=O)N(C)[C@@H](C2CCCCC2)C(=O)N(C)[C@H](C(=O)N2CCCCC2)CC(=O)N1C. The first kappa shape index (κ1) is 85.1. The minimum absolute atomic E-state index is 0.0154. The van der Waals surface area contributed by atoms with Gasteiger partial charge in [-0.25, -0.2) is 13.2 Å². The number of hydrogen-bond donors (Lipinski definition) is 3. The number of hydrogen-bond acceptors (Lipinski definition) is 12. The summed E-state index contributed by atoms with van der Waals surface area (Å²) in [6.07, 6.45) is 7.49. The summed E-state index contributed by atoms with van der Waals surface area (Å²) in [6, 6.07) is -5.70. The molecule has 0 aromatic heterocycles. The lowest BCUT2D eigenvalue weighted by molar-refractivity contribution is -0.157. The molecule has 7 rings (SSSR count). The van der Waals surface area contributed by atoms with Gasteiger partial charge in [-0.15, -0.1) is 0 Å². The lowest BCUT2D eigenvalue weighted by Gasteiger charge is -2.43. The lowest BCUT2D eigenvalue weighted by Crippen LogP contribution is -2.65. The minimum Gasteiger partial charge on any atom is -0.343 e. The third-order valence-corrected chi connectivity index (χ3v) is 22.9. The van der Waals surface area contributed by atoms with Crippen LogP contribution >= 0.6 is 11.6 Å². The van der Waals surface area contributed by atoms with Gasteiger partial charge in [-0.1, -0.05) is 108 Å². The molecule has 1 spiro atoms. The number of nitrogens with zero attached hydrogens (tertiary/aromatic N) is 9. The number of unbranched alkanes of at least 4 members (excludes halogenated alkanes) is 1. The summed E-state index contributed by atoms with van der Waals surface area (Å²) in [5, 5.41) is 8.18. The van der Waals surface area contributed by atoms with Crippen molar-refractivity contribution in [1.82, 2.24) is 60.0 Å². The van der Waals surface area contributed by atoms with E-state index in [0.29, 0.717) is 63.6 Å². The van der Waals surface area contributed by atoms with E-state index in [1.807, 2.05) is 13.8 Å². The number of rotatable bonds is 16. The van der Waals surface area contributed by atoms with Crippen LogP contribution < -0.4 is 16.0 Å². The van der Waals surface area contributed by atoms with E-state index in [4.69, 9.17) is 11.6 Å². The Hall–Kier alpha value is -7.20. The van der Waals surface area contributed by atoms with Gasteiger partial charge in [0.2, 0.25) is 77.3 Å². The average molecular weight is 1510 g/mol. The zero-order valence-corrected chi connectivity index (χ0v) is 63.8. The van der Waals surface area contributed by atoms with Crippen molar-refractivity contribution in [3.63, 3.8) is 0 Å². The van der Waals surface area contributed by atoms with Gasteiger partial charge in [0.1, 0.15) is 47.8 Å². The highest BCUT2D eigenvalue weighted by Crippen LogP contribution is 2.39. The molecule has 30 heteroatoms. The number of likely N-dealkylation sites (tertiary alicyclic amines) is 1. The van der Waals surface area contributed by atoms with E-state index in [-0.39, 0.29) is 82.6 Å². The fourth-order valence-electron chi connectivity index (χ4n) is 16.3. The molecule has 12 amide bonds. The highest BCUT2D eigenvalue weighted by molar-refractivity contribution is 6.31. The van der Waals surface area contributed by atoms with Crippen molar-refractivity contribution in [2.75, 3.05) is 95.3 Å². The molecule has 6 aliphatic rings. The molecular formula is C75H114ClF5N12O12. The van der Waals surface area contributed by atoms with Crippen LogP contribution in [-0.4, -0.2) is 265 Å². The van der Waals surface area contributed by atoms with Crippen molar-refractivity contribution < 1.29 is 79.5 Å². The van der Waals surface area contributed by atoms with Crippen LogP contribution in [0.3, 0.4) is 0 Å². The number of carbonyl (C=O) groups excluding carboxylic acids is 12. The van der Waals surface area contributed by atoms with Crippen LogP contribution in [0.1, 0.15) is 198 Å². The zero-order chi connectivity index (χ0) is 77.2. The molecule has 0 bridgehead atoms. The summed E-state index contributed by atoms with van der Waals surface area (Å²) >= 11 is 6.31. The van der Waals surface area contributed by atoms with E-state index < -0.39 is 187 Å². The number of carbonyl (C=O) groups is 12. The Morgan fingerprint density at radius 3 is 1.83 bits per heavy atom. The normalized spacial score (nSPS) is 26.0. The number of halogens is 6. The Morgan fingerprint density at radius 2 is 1.21 bits per heavy atom. The Balaban J connectivity index is 1.29. The van der Waals surface area contributed by atoms with Crippen LogP contribution in [0.2, 0.25) is 5.02 Å². The molecule has 3 N–H and O–H groups in total. The van der Waals surface area contributed by atoms with Gasteiger partial charge in [-0.2, -0.15) is 8.78 Å². The van der Waals surface area contributed by atoms with Crippen LogP contribution in [0.4, 0.5) is 22.0 Å². The lowest BCUT2D eigenvalue weighted by atomic mass is 9.81. The Bertz CT molecular complexity index is 3220. The summed E-state index contributed by atoms with van der Waals surface area (Å²) in [5.41, 5.74) is -2.02. The summed E-state index contributed by atoms with van der Waals surface area (Å²) in [6.45, 7) is 0.449. The molecule has 0 radical (unpaired) electrons. The molecule has 3 saturated carbocycles.